The van der Waals surface area contributed by atoms with Gasteiger partial charge in [0.25, 0.3) is 0 Å². The largest absolute Gasteiger partial charge is 0.329 e. The molecule has 0 aromatic rings. The molecule has 0 bridgehead atoms. The summed E-state index contributed by atoms with van der Waals surface area (Å²) in [5.41, 5.74) is 0. The van der Waals surface area contributed by atoms with Gasteiger partial charge in [0.05, 0.1) is 13.2 Å². The molecule has 0 aromatic carbocycles. The summed E-state index contributed by atoms with van der Waals surface area (Å²) in [6, 6.07) is 0. The van der Waals surface area contributed by atoms with E-state index in [9.17, 15) is 4.89 Å². The quantitative estimate of drug-likeness (QED) is 0.420. The Labute approximate surface area is 127 Å². The van der Waals surface area contributed by atoms with Gasteiger partial charge in [0.2, 0.25) is 0 Å². The van der Waals surface area contributed by atoms with Crippen LogP contribution in [0.2, 0.25) is 0 Å². The van der Waals surface area contributed by atoms with E-state index in [0.717, 1.165) is 12.8 Å². The molecule has 0 aromatic heterocycles. The second kappa shape index (κ2) is 14.3. The second-order valence-electron chi connectivity index (χ2n) is 5.66. The van der Waals surface area contributed by atoms with Crippen LogP contribution in [0.1, 0.15) is 79.1 Å². The SMILES string of the molecule is CCCC[C@@H](CC)COP(O)OC[C@H](CC)CCCC. The van der Waals surface area contributed by atoms with Gasteiger partial charge in [-0.25, -0.2) is 0 Å². The fourth-order valence-electron chi connectivity index (χ4n) is 2.17. The summed E-state index contributed by atoms with van der Waals surface area (Å²) in [6.07, 6.45) is 9.50. The molecule has 0 saturated carbocycles. The first-order valence-electron chi connectivity index (χ1n) is 8.42. The molecule has 3 nitrogen and oxygen atoms in total. The zero-order chi connectivity index (χ0) is 15.2. The van der Waals surface area contributed by atoms with Crippen LogP contribution < -0.4 is 0 Å². The van der Waals surface area contributed by atoms with Crippen molar-refractivity contribution in [2.45, 2.75) is 79.1 Å². The molecule has 0 saturated heterocycles. The van der Waals surface area contributed by atoms with Gasteiger partial charge in [-0.2, -0.15) is 0 Å². The van der Waals surface area contributed by atoms with Crippen LogP contribution >= 0.6 is 8.60 Å². The minimum absolute atomic E-state index is 0.553. The molecule has 4 heteroatoms. The van der Waals surface area contributed by atoms with E-state index >= 15 is 0 Å². The molecule has 0 aliphatic rings. The zero-order valence-electron chi connectivity index (χ0n) is 13.9. The molecule has 0 aliphatic heterocycles. The summed E-state index contributed by atoms with van der Waals surface area (Å²) in [4.78, 5) is 9.81. The van der Waals surface area contributed by atoms with Gasteiger partial charge in [-0.05, 0) is 24.7 Å². The lowest BCUT2D eigenvalue weighted by molar-refractivity contribution is 0.148. The topological polar surface area (TPSA) is 38.7 Å². The van der Waals surface area contributed by atoms with Crippen molar-refractivity contribution in [2.75, 3.05) is 13.2 Å². The summed E-state index contributed by atoms with van der Waals surface area (Å²) in [6.45, 7) is 10.0. The lowest BCUT2D eigenvalue weighted by atomic mass is 10.0. The molecule has 20 heavy (non-hydrogen) atoms. The van der Waals surface area contributed by atoms with Gasteiger partial charge in [0.15, 0.2) is 0 Å². The molecule has 1 N–H and O–H groups in total. The molecule has 2 atom stereocenters. The van der Waals surface area contributed by atoms with Crippen molar-refractivity contribution in [3.63, 3.8) is 0 Å². The number of rotatable bonds is 14. The second-order valence-corrected chi connectivity index (χ2v) is 6.65. The summed E-state index contributed by atoms with van der Waals surface area (Å²) in [5.74, 6) is 1.11. The highest BCUT2D eigenvalue weighted by molar-refractivity contribution is 7.40. The van der Waals surface area contributed by atoms with E-state index in [-0.39, 0.29) is 0 Å². The van der Waals surface area contributed by atoms with E-state index in [0.29, 0.717) is 25.0 Å². The number of unbranched alkanes of at least 4 members (excludes halogenated alkanes) is 2. The first kappa shape index (κ1) is 20.3. The Bertz CT molecular complexity index is 182. The maximum Gasteiger partial charge on any atom is 0.329 e. The van der Waals surface area contributed by atoms with Gasteiger partial charge in [0, 0.05) is 0 Å². The van der Waals surface area contributed by atoms with E-state index in [1.165, 1.54) is 38.5 Å². The monoisotopic (exact) mass is 306 g/mol. The van der Waals surface area contributed by atoms with Gasteiger partial charge in [0.1, 0.15) is 0 Å². The molecular weight excluding hydrogens is 271 g/mol. The van der Waals surface area contributed by atoms with E-state index in [2.05, 4.69) is 27.7 Å². The summed E-state index contributed by atoms with van der Waals surface area (Å²) >= 11 is 0. The fraction of sp³-hybridized carbons (Fsp3) is 1.00. The minimum atomic E-state index is -1.69. The van der Waals surface area contributed by atoms with E-state index in [1.54, 1.807) is 0 Å². The minimum Gasteiger partial charge on any atom is -0.328 e. The normalized spacial score (nSPS) is 14.7. The average Bonchev–Trinajstić information content (AvgIpc) is 2.47. The fourth-order valence-corrected chi connectivity index (χ4v) is 2.92. The maximum atomic E-state index is 9.81. The summed E-state index contributed by atoms with van der Waals surface area (Å²) in [7, 11) is -1.69. The summed E-state index contributed by atoms with van der Waals surface area (Å²) < 4.78 is 11.0. The van der Waals surface area contributed by atoms with Crippen molar-refractivity contribution in [3.8, 4) is 0 Å². The van der Waals surface area contributed by atoms with Crippen molar-refractivity contribution in [2.24, 2.45) is 11.8 Å². The third-order valence-electron chi connectivity index (χ3n) is 3.93. The Morgan fingerprint density at radius 1 is 0.800 bits per heavy atom. The summed E-state index contributed by atoms with van der Waals surface area (Å²) in [5, 5.41) is 0. The van der Waals surface area contributed by atoms with Crippen molar-refractivity contribution >= 4 is 8.60 Å². The number of hydrogen-bond donors (Lipinski definition) is 1. The molecule has 0 unspecified atom stereocenters. The van der Waals surface area contributed by atoms with Crippen LogP contribution in [-0.4, -0.2) is 18.1 Å². The first-order chi connectivity index (χ1) is 9.67. The van der Waals surface area contributed by atoms with E-state index < -0.39 is 8.60 Å². The maximum absolute atomic E-state index is 9.81. The van der Waals surface area contributed by atoms with Crippen LogP contribution in [0.4, 0.5) is 0 Å². The Morgan fingerprint density at radius 2 is 1.20 bits per heavy atom. The third kappa shape index (κ3) is 11.0. The Kier molecular flexibility index (Phi) is 14.5. The number of hydrogen-bond acceptors (Lipinski definition) is 3. The molecule has 122 valence electrons. The lowest BCUT2D eigenvalue weighted by Gasteiger charge is -2.19. The molecular formula is C16H35O3P. The predicted octanol–water partition coefficient (Wildman–Crippen LogP) is 5.67. The van der Waals surface area contributed by atoms with Crippen LogP contribution in [0.3, 0.4) is 0 Å². The first-order valence-corrected chi connectivity index (χ1v) is 9.55. The average molecular weight is 306 g/mol. The molecule has 0 aliphatic carbocycles. The molecule has 0 heterocycles. The van der Waals surface area contributed by atoms with Crippen molar-refractivity contribution in [1.29, 1.82) is 0 Å². The van der Waals surface area contributed by atoms with Crippen LogP contribution in [0.25, 0.3) is 0 Å². The smallest absolute Gasteiger partial charge is 0.328 e. The molecule has 0 spiro atoms. The third-order valence-corrected chi connectivity index (χ3v) is 4.67. The Morgan fingerprint density at radius 3 is 1.50 bits per heavy atom. The van der Waals surface area contributed by atoms with E-state index in [4.69, 9.17) is 9.05 Å². The Hall–Kier alpha value is 0.310. The van der Waals surface area contributed by atoms with Crippen molar-refractivity contribution < 1.29 is 13.9 Å². The Balaban J connectivity index is 3.76. The van der Waals surface area contributed by atoms with Crippen LogP contribution in [0, 0.1) is 11.8 Å². The highest BCUT2D eigenvalue weighted by Crippen LogP contribution is 2.35. The van der Waals surface area contributed by atoms with Gasteiger partial charge in [-0.15, -0.1) is 0 Å². The van der Waals surface area contributed by atoms with Gasteiger partial charge >= 0.3 is 8.60 Å². The van der Waals surface area contributed by atoms with Gasteiger partial charge in [-0.3, -0.25) is 0 Å². The predicted molar refractivity (Wildman–Crippen MR) is 87.7 cm³/mol. The molecule has 0 fully saturated rings. The lowest BCUT2D eigenvalue weighted by Crippen LogP contribution is -2.10. The highest BCUT2D eigenvalue weighted by Gasteiger charge is 2.14. The standard InChI is InChI=1S/C16H35O3P/c1-5-9-11-15(7-3)13-18-20(17)19-14-16(8-4)12-10-6-2/h15-17H,5-14H2,1-4H3/t15-,16-/m1/s1. The van der Waals surface area contributed by atoms with E-state index in [1.807, 2.05) is 0 Å². The van der Waals surface area contributed by atoms with Crippen molar-refractivity contribution in [1.82, 2.24) is 0 Å². The highest BCUT2D eigenvalue weighted by atomic mass is 31.2. The van der Waals surface area contributed by atoms with Crippen molar-refractivity contribution in [3.05, 3.63) is 0 Å². The zero-order valence-corrected chi connectivity index (χ0v) is 14.8. The van der Waals surface area contributed by atoms with Crippen LogP contribution in [0.15, 0.2) is 0 Å². The van der Waals surface area contributed by atoms with Gasteiger partial charge < -0.3 is 13.9 Å². The molecule has 0 amide bonds. The van der Waals surface area contributed by atoms with Crippen LogP contribution in [0.5, 0.6) is 0 Å². The molecule has 0 rings (SSSR count). The van der Waals surface area contributed by atoms with Crippen LogP contribution in [-0.2, 0) is 9.05 Å². The van der Waals surface area contributed by atoms with Gasteiger partial charge in [-0.1, -0.05) is 66.2 Å². The molecule has 0 radical (unpaired) electrons.